The molecule has 0 fully saturated rings. The monoisotopic (exact) mass is 209 g/mol. The highest BCUT2D eigenvalue weighted by Crippen LogP contribution is 2.15. The molecule has 0 saturated heterocycles. The molecule has 2 heteroatoms. The standard InChI is InChI=1S/C12H16ClN/c1-2-9-14-10-5-7-11-6-3-4-8-12(11)13/h3-8,14H,2,9-10H2,1H3. The minimum absolute atomic E-state index is 0.805. The van der Waals surface area contributed by atoms with Crippen LogP contribution in [0.5, 0.6) is 0 Å². The van der Waals surface area contributed by atoms with E-state index in [2.05, 4.69) is 18.3 Å². The minimum Gasteiger partial charge on any atom is -0.313 e. The van der Waals surface area contributed by atoms with Gasteiger partial charge in [0.2, 0.25) is 0 Å². The van der Waals surface area contributed by atoms with Crippen molar-refractivity contribution in [2.24, 2.45) is 0 Å². The Hall–Kier alpha value is -0.790. The number of rotatable bonds is 5. The van der Waals surface area contributed by atoms with Gasteiger partial charge in [-0.1, -0.05) is 48.9 Å². The van der Waals surface area contributed by atoms with Gasteiger partial charge in [0.05, 0.1) is 0 Å². The second-order valence-corrected chi connectivity index (χ2v) is 3.54. The highest BCUT2D eigenvalue weighted by atomic mass is 35.5. The maximum absolute atomic E-state index is 5.99. The quantitative estimate of drug-likeness (QED) is 0.734. The summed E-state index contributed by atoms with van der Waals surface area (Å²) in [5.74, 6) is 0. The maximum atomic E-state index is 5.99. The molecule has 0 atom stereocenters. The fraction of sp³-hybridized carbons (Fsp3) is 0.333. The summed E-state index contributed by atoms with van der Waals surface area (Å²) in [5.41, 5.74) is 1.08. The predicted octanol–water partition coefficient (Wildman–Crippen LogP) is 3.35. The molecule has 1 rings (SSSR count). The van der Waals surface area contributed by atoms with Crippen LogP contribution in [0.4, 0.5) is 0 Å². The average molecular weight is 210 g/mol. The lowest BCUT2D eigenvalue weighted by molar-refractivity contribution is 0.730. The number of benzene rings is 1. The average Bonchev–Trinajstić information content (AvgIpc) is 2.20. The highest BCUT2D eigenvalue weighted by Gasteiger charge is 1.91. The van der Waals surface area contributed by atoms with E-state index in [1.165, 1.54) is 6.42 Å². The fourth-order valence-corrected chi connectivity index (χ4v) is 1.36. The molecule has 0 unspecified atom stereocenters. The molecule has 0 spiro atoms. The van der Waals surface area contributed by atoms with E-state index in [1.54, 1.807) is 0 Å². The molecule has 0 amide bonds. The third-order valence-electron chi connectivity index (χ3n) is 1.89. The van der Waals surface area contributed by atoms with Crippen LogP contribution < -0.4 is 5.32 Å². The van der Waals surface area contributed by atoms with E-state index in [0.29, 0.717) is 0 Å². The van der Waals surface area contributed by atoms with E-state index in [1.807, 2.05) is 30.3 Å². The normalized spacial score (nSPS) is 11.0. The molecule has 14 heavy (non-hydrogen) atoms. The zero-order valence-electron chi connectivity index (χ0n) is 8.46. The van der Waals surface area contributed by atoms with Gasteiger partial charge in [-0.15, -0.1) is 0 Å². The van der Waals surface area contributed by atoms with Crippen molar-refractivity contribution in [3.05, 3.63) is 40.9 Å². The van der Waals surface area contributed by atoms with Crippen molar-refractivity contribution in [1.29, 1.82) is 0 Å². The smallest absolute Gasteiger partial charge is 0.0478 e. The van der Waals surface area contributed by atoms with Gasteiger partial charge in [0.25, 0.3) is 0 Å². The highest BCUT2D eigenvalue weighted by molar-refractivity contribution is 6.32. The lowest BCUT2D eigenvalue weighted by Gasteiger charge is -1.98. The van der Waals surface area contributed by atoms with Gasteiger partial charge in [0.1, 0.15) is 0 Å². The minimum atomic E-state index is 0.805. The number of hydrogen-bond donors (Lipinski definition) is 1. The molecule has 0 saturated carbocycles. The molecule has 1 aromatic carbocycles. The third kappa shape index (κ3) is 3.95. The Balaban J connectivity index is 2.40. The SMILES string of the molecule is CCCNCC=Cc1ccccc1Cl. The molecule has 0 aromatic heterocycles. The second kappa shape index (κ2) is 6.63. The largest absolute Gasteiger partial charge is 0.313 e. The van der Waals surface area contributed by atoms with Crippen LogP contribution >= 0.6 is 11.6 Å². The summed E-state index contributed by atoms with van der Waals surface area (Å²) in [6.45, 7) is 4.12. The van der Waals surface area contributed by atoms with Crippen molar-refractivity contribution in [1.82, 2.24) is 5.32 Å². The molecule has 1 aromatic rings. The third-order valence-corrected chi connectivity index (χ3v) is 2.24. The summed E-state index contributed by atoms with van der Waals surface area (Å²) in [4.78, 5) is 0. The van der Waals surface area contributed by atoms with E-state index in [4.69, 9.17) is 11.6 Å². The van der Waals surface area contributed by atoms with Gasteiger partial charge in [-0.2, -0.15) is 0 Å². The zero-order valence-corrected chi connectivity index (χ0v) is 9.22. The lowest BCUT2D eigenvalue weighted by atomic mass is 10.2. The molecular formula is C12H16ClN. The van der Waals surface area contributed by atoms with Gasteiger partial charge >= 0.3 is 0 Å². The van der Waals surface area contributed by atoms with Gasteiger partial charge in [-0.05, 0) is 24.6 Å². The summed E-state index contributed by atoms with van der Waals surface area (Å²) in [5, 5.41) is 4.10. The summed E-state index contributed by atoms with van der Waals surface area (Å²) in [6, 6.07) is 7.85. The van der Waals surface area contributed by atoms with Crippen LogP contribution in [0, 0.1) is 0 Å². The van der Waals surface area contributed by atoms with Crippen molar-refractivity contribution >= 4 is 17.7 Å². The summed E-state index contributed by atoms with van der Waals surface area (Å²) >= 11 is 5.99. The van der Waals surface area contributed by atoms with Crippen molar-refractivity contribution in [2.45, 2.75) is 13.3 Å². The molecule has 0 aliphatic rings. The summed E-state index contributed by atoms with van der Waals surface area (Å²) in [7, 11) is 0. The van der Waals surface area contributed by atoms with Crippen molar-refractivity contribution in [3.63, 3.8) is 0 Å². The molecular weight excluding hydrogens is 194 g/mol. The van der Waals surface area contributed by atoms with Gasteiger partial charge in [-0.25, -0.2) is 0 Å². The molecule has 76 valence electrons. The first kappa shape index (κ1) is 11.3. The number of halogens is 1. The van der Waals surface area contributed by atoms with Crippen molar-refractivity contribution in [2.75, 3.05) is 13.1 Å². The Morgan fingerprint density at radius 3 is 2.86 bits per heavy atom. The number of hydrogen-bond acceptors (Lipinski definition) is 1. The maximum Gasteiger partial charge on any atom is 0.0478 e. The predicted molar refractivity (Wildman–Crippen MR) is 63.6 cm³/mol. The van der Waals surface area contributed by atoms with Crippen LogP contribution in [0.3, 0.4) is 0 Å². The Kier molecular flexibility index (Phi) is 5.35. The van der Waals surface area contributed by atoms with E-state index in [-0.39, 0.29) is 0 Å². The van der Waals surface area contributed by atoms with Crippen LogP contribution in [0.15, 0.2) is 30.3 Å². The van der Waals surface area contributed by atoms with Gasteiger partial charge < -0.3 is 5.32 Å². The zero-order chi connectivity index (χ0) is 10.2. The van der Waals surface area contributed by atoms with Gasteiger partial charge in [0, 0.05) is 11.6 Å². The van der Waals surface area contributed by atoms with Crippen LogP contribution in [0.2, 0.25) is 5.02 Å². The molecule has 0 aliphatic carbocycles. The van der Waals surface area contributed by atoms with Gasteiger partial charge in [0.15, 0.2) is 0 Å². The first-order chi connectivity index (χ1) is 6.84. The first-order valence-electron chi connectivity index (χ1n) is 4.96. The van der Waals surface area contributed by atoms with E-state index < -0.39 is 0 Å². The van der Waals surface area contributed by atoms with Crippen LogP contribution in [0.25, 0.3) is 6.08 Å². The molecule has 0 radical (unpaired) electrons. The van der Waals surface area contributed by atoms with Crippen molar-refractivity contribution < 1.29 is 0 Å². The summed E-state index contributed by atoms with van der Waals surface area (Å²) < 4.78 is 0. The van der Waals surface area contributed by atoms with Gasteiger partial charge in [-0.3, -0.25) is 0 Å². The fourth-order valence-electron chi connectivity index (χ4n) is 1.16. The lowest BCUT2D eigenvalue weighted by Crippen LogP contribution is -2.13. The molecule has 0 aliphatic heterocycles. The molecule has 0 heterocycles. The Bertz CT molecular complexity index is 294. The van der Waals surface area contributed by atoms with E-state index >= 15 is 0 Å². The number of nitrogens with one attached hydrogen (secondary N) is 1. The topological polar surface area (TPSA) is 12.0 Å². The Morgan fingerprint density at radius 1 is 1.36 bits per heavy atom. The summed E-state index contributed by atoms with van der Waals surface area (Å²) in [6.07, 6.45) is 5.31. The Labute approximate surface area is 90.8 Å². The van der Waals surface area contributed by atoms with Crippen LogP contribution in [0.1, 0.15) is 18.9 Å². The molecule has 0 bridgehead atoms. The van der Waals surface area contributed by atoms with Crippen molar-refractivity contribution in [3.8, 4) is 0 Å². The molecule has 1 nitrogen and oxygen atoms in total. The Morgan fingerprint density at radius 2 is 2.14 bits per heavy atom. The van der Waals surface area contributed by atoms with E-state index in [0.717, 1.165) is 23.7 Å². The molecule has 1 N–H and O–H groups in total. The van der Waals surface area contributed by atoms with Crippen LogP contribution in [-0.2, 0) is 0 Å². The second-order valence-electron chi connectivity index (χ2n) is 3.13. The first-order valence-corrected chi connectivity index (χ1v) is 5.34. The van der Waals surface area contributed by atoms with Crippen LogP contribution in [-0.4, -0.2) is 13.1 Å². The van der Waals surface area contributed by atoms with E-state index in [9.17, 15) is 0 Å².